The summed E-state index contributed by atoms with van der Waals surface area (Å²) in [5, 5.41) is 39.4. The van der Waals surface area contributed by atoms with Crippen molar-refractivity contribution in [1.82, 2.24) is 19.9 Å². The number of hydrogen-bond donors (Lipinski definition) is 5. The minimum Gasteiger partial charge on any atom is -0.390 e. The molecule has 10 nitrogen and oxygen atoms in total. The van der Waals surface area contributed by atoms with Crippen molar-refractivity contribution in [2.24, 2.45) is 5.92 Å². The van der Waals surface area contributed by atoms with E-state index < -0.39 is 29.8 Å². The molecule has 0 amide bonds. The van der Waals surface area contributed by atoms with E-state index in [-0.39, 0.29) is 6.10 Å². The summed E-state index contributed by atoms with van der Waals surface area (Å²) in [6.45, 7) is 8.53. The minimum atomic E-state index is -1.13. The van der Waals surface area contributed by atoms with Gasteiger partial charge >= 0.3 is 0 Å². The quantitative estimate of drug-likeness (QED) is 0.319. The number of aromatic nitrogens is 4. The zero-order chi connectivity index (χ0) is 25.6. The van der Waals surface area contributed by atoms with Crippen LogP contribution in [-0.4, -0.2) is 78.4 Å². The summed E-state index contributed by atoms with van der Waals surface area (Å²) in [4.78, 5) is 18.7. The number of fused-ring (bicyclic) bond motifs is 1. The van der Waals surface area contributed by atoms with Gasteiger partial charge in [0.2, 0.25) is 5.95 Å². The van der Waals surface area contributed by atoms with Gasteiger partial charge in [0.05, 0.1) is 45.5 Å². The predicted octanol–water partition coefficient (Wildman–Crippen LogP) is 2.65. The standard InChI is InChI=1S/C25H34N6O4S/c1-12-18(23-30-19-13(2)26-8-7-17(19)36-23)22(31-24(28-12)27-11-14-6-5-9-35-14)29-16-10-15(25(3,4)34)20(32)21(16)33/h7-8,14-16,20-21,32-34H,5-6,9-11H2,1-4H3,(H2,27,28,29,31)/t14-,15+,16?,20-,21+/m1/s1. The molecule has 5 N–H and O–H groups in total. The molecule has 2 aliphatic rings. The molecular formula is C25H34N6O4S. The maximum absolute atomic E-state index is 10.8. The summed E-state index contributed by atoms with van der Waals surface area (Å²) in [5.41, 5.74) is 2.03. The van der Waals surface area contributed by atoms with Crippen molar-refractivity contribution in [2.75, 3.05) is 23.8 Å². The average molecular weight is 515 g/mol. The third-order valence-corrected chi connectivity index (χ3v) is 8.26. The predicted molar refractivity (Wildman–Crippen MR) is 139 cm³/mol. The van der Waals surface area contributed by atoms with Crippen molar-refractivity contribution in [3.05, 3.63) is 23.7 Å². The molecule has 5 rings (SSSR count). The third-order valence-electron chi connectivity index (χ3n) is 7.22. The van der Waals surface area contributed by atoms with E-state index in [1.807, 2.05) is 19.9 Å². The van der Waals surface area contributed by atoms with Crippen LogP contribution in [-0.2, 0) is 4.74 Å². The number of aliphatic hydroxyl groups excluding tert-OH is 2. The first-order chi connectivity index (χ1) is 17.1. The molecule has 1 saturated carbocycles. The summed E-state index contributed by atoms with van der Waals surface area (Å²) in [5.74, 6) is 0.500. The summed E-state index contributed by atoms with van der Waals surface area (Å²) in [7, 11) is 0. The Morgan fingerprint density at radius 3 is 2.61 bits per heavy atom. The number of hydrogen-bond acceptors (Lipinski definition) is 11. The first kappa shape index (κ1) is 25.2. The Labute approximate surface area is 214 Å². The number of aryl methyl sites for hydroxylation is 2. The maximum atomic E-state index is 10.8. The fourth-order valence-electron chi connectivity index (χ4n) is 5.17. The van der Waals surface area contributed by atoms with Crippen LogP contribution in [0.2, 0.25) is 0 Å². The lowest BCUT2D eigenvalue weighted by atomic mass is 9.88. The highest BCUT2D eigenvalue weighted by Crippen LogP contribution is 2.40. The summed E-state index contributed by atoms with van der Waals surface area (Å²) in [6.07, 6.45) is 2.22. The number of aliphatic hydroxyl groups is 3. The van der Waals surface area contributed by atoms with Gasteiger partial charge in [0.25, 0.3) is 0 Å². The molecule has 1 unspecified atom stereocenters. The Bertz CT molecular complexity index is 1240. The van der Waals surface area contributed by atoms with Crippen LogP contribution in [0.25, 0.3) is 20.8 Å². The molecule has 0 spiro atoms. The zero-order valence-corrected chi connectivity index (χ0v) is 21.8. The van der Waals surface area contributed by atoms with Gasteiger partial charge < -0.3 is 30.7 Å². The van der Waals surface area contributed by atoms with Crippen LogP contribution in [0.1, 0.15) is 44.5 Å². The largest absolute Gasteiger partial charge is 0.390 e. The van der Waals surface area contributed by atoms with Crippen LogP contribution in [0.4, 0.5) is 11.8 Å². The van der Waals surface area contributed by atoms with E-state index >= 15 is 0 Å². The normalized spacial score (nSPS) is 26.6. The fourth-order valence-corrected chi connectivity index (χ4v) is 6.28. The zero-order valence-electron chi connectivity index (χ0n) is 21.0. The second-order valence-corrected chi connectivity index (χ2v) is 11.4. The highest BCUT2D eigenvalue weighted by molar-refractivity contribution is 7.21. The molecule has 3 aromatic heterocycles. The van der Waals surface area contributed by atoms with Gasteiger partial charge in [0.1, 0.15) is 22.4 Å². The molecule has 194 valence electrons. The number of anilines is 2. The van der Waals surface area contributed by atoms with Gasteiger partial charge in [0.15, 0.2) is 0 Å². The smallest absolute Gasteiger partial charge is 0.224 e. The highest BCUT2D eigenvalue weighted by atomic mass is 32.1. The topological polar surface area (TPSA) is 146 Å². The number of rotatable bonds is 7. The Kier molecular flexibility index (Phi) is 6.86. The average Bonchev–Trinajstić information content (AvgIpc) is 3.54. The summed E-state index contributed by atoms with van der Waals surface area (Å²) < 4.78 is 6.73. The Morgan fingerprint density at radius 1 is 1.14 bits per heavy atom. The molecule has 11 heteroatoms. The number of pyridine rings is 1. The first-order valence-corrected chi connectivity index (χ1v) is 13.2. The van der Waals surface area contributed by atoms with Gasteiger partial charge in [-0.15, -0.1) is 11.3 Å². The van der Waals surface area contributed by atoms with E-state index in [4.69, 9.17) is 19.7 Å². The van der Waals surface area contributed by atoms with E-state index in [2.05, 4.69) is 15.6 Å². The second-order valence-electron chi connectivity index (χ2n) is 10.4. The summed E-state index contributed by atoms with van der Waals surface area (Å²) in [6, 6.07) is 1.43. The maximum Gasteiger partial charge on any atom is 0.224 e. The lowest BCUT2D eigenvalue weighted by molar-refractivity contribution is -0.0601. The van der Waals surface area contributed by atoms with Gasteiger partial charge in [-0.05, 0) is 53.0 Å². The lowest BCUT2D eigenvalue weighted by Gasteiger charge is -2.28. The van der Waals surface area contributed by atoms with Crippen molar-refractivity contribution in [2.45, 2.75) is 76.9 Å². The van der Waals surface area contributed by atoms with Gasteiger partial charge in [-0.25, -0.2) is 9.97 Å². The number of nitrogens with zero attached hydrogens (tertiary/aromatic N) is 4. The Hall–Kier alpha value is -2.44. The Balaban J connectivity index is 1.51. The molecular weight excluding hydrogens is 480 g/mol. The van der Waals surface area contributed by atoms with Crippen molar-refractivity contribution >= 4 is 33.3 Å². The SMILES string of the molecule is Cc1nc(NC[C@H]2CCCO2)nc(NC2C[C@H](C(C)(C)O)[C@@H](O)[C@H]2O)c1-c1nc2c(C)nccc2s1. The molecule has 2 fully saturated rings. The van der Waals surface area contributed by atoms with E-state index in [0.717, 1.165) is 51.6 Å². The molecule has 5 atom stereocenters. The van der Waals surface area contributed by atoms with Crippen LogP contribution in [0.15, 0.2) is 12.3 Å². The number of nitrogens with one attached hydrogen (secondary N) is 2. The molecule has 0 bridgehead atoms. The monoisotopic (exact) mass is 514 g/mol. The number of ether oxygens (including phenoxy) is 1. The van der Waals surface area contributed by atoms with Crippen LogP contribution in [0.3, 0.4) is 0 Å². The third kappa shape index (κ3) is 4.90. The minimum absolute atomic E-state index is 0.129. The van der Waals surface area contributed by atoms with Crippen LogP contribution in [0.5, 0.6) is 0 Å². The van der Waals surface area contributed by atoms with Crippen LogP contribution in [0, 0.1) is 19.8 Å². The Morgan fingerprint density at radius 2 is 1.94 bits per heavy atom. The molecule has 4 heterocycles. The molecule has 1 saturated heterocycles. The van der Waals surface area contributed by atoms with Crippen molar-refractivity contribution in [3.63, 3.8) is 0 Å². The van der Waals surface area contributed by atoms with Crippen LogP contribution >= 0.6 is 11.3 Å². The van der Waals surface area contributed by atoms with E-state index in [0.29, 0.717) is 24.7 Å². The van der Waals surface area contributed by atoms with Crippen molar-refractivity contribution in [3.8, 4) is 10.6 Å². The molecule has 36 heavy (non-hydrogen) atoms. The first-order valence-electron chi connectivity index (χ1n) is 12.4. The van der Waals surface area contributed by atoms with Gasteiger partial charge in [0, 0.05) is 25.3 Å². The van der Waals surface area contributed by atoms with E-state index in [9.17, 15) is 15.3 Å². The van der Waals surface area contributed by atoms with E-state index in [1.165, 1.54) is 11.3 Å². The lowest BCUT2D eigenvalue weighted by Crippen LogP contribution is -2.40. The fraction of sp³-hybridized carbons (Fsp3) is 0.600. The van der Waals surface area contributed by atoms with Crippen molar-refractivity contribution in [1.29, 1.82) is 0 Å². The number of thiazole rings is 1. The van der Waals surface area contributed by atoms with Gasteiger partial charge in [-0.1, -0.05) is 0 Å². The molecule has 0 radical (unpaired) electrons. The van der Waals surface area contributed by atoms with Gasteiger partial charge in [-0.2, -0.15) is 4.98 Å². The summed E-state index contributed by atoms with van der Waals surface area (Å²) >= 11 is 1.53. The molecule has 1 aliphatic carbocycles. The van der Waals surface area contributed by atoms with Crippen molar-refractivity contribution < 1.29 is 20.1 Å². The van der Waals surface area contributed by atoms with Crippen LogP contribution < -0.4 is 10.6 Å². The van der Waals surface area contributed by atoms with E-state index in [1.54, 1.807) is 20.0 Å². The molecule has 0 aromatic carbocycles. The molecule has 3 aromatic rings. The second kappa shape index (κ2) is 9.79. The highest BCUT2D eigenvalue weighted by Gasteiger charge is 2.48. The molecule has 1 aliphatic heterocycles. The van der Waals surface area contributed by atoms with Gasteiger partial charge in [-0.3, -0.25) is 4.98 Å².